The summed E-state index contributed by atoms with van der Waals surface area (Å²) in [6, 6.07) is 9.88. The smallest absolute Gasteiger partial charge is 0.0994 e. The lowest BCUT2D eigenvalue weighted by atomic mass is 9.95. The van der Waals surface area contributed by atoms with Gasteiger partial charge in [0.05, 0.1) is 18.3 Å². The van der Waals surface area contributed by atoms with E-state index in [-0.39, 0.29) is 0 Å². The first kappa shape index (κ1) is 13.5. The molecule has 18 heavy (non-hydrogen) atoms. The van der Waals surface area contributed by atoms with E-state index in [2.05, 4.69) is 11.8 Å². The first-order valence-corrected chi connectivity index (χ1v) is 6.73. The minimum absolute atomic E-state index is 0.310. The van der Waals surface area contributed by atoms with Crippen LogP contribution >= 0.6 is 0 Å². The van der Waals surface area contributed by atoms with Gasteiger partial charge in [0.15, 0.2) is 0 Å². The van der Waals surface area contributed by atoms with E-state index in [0.717, 1.165) is 31.7 Å². The molecular formula is C15H23NO2. The fourth-order valence-corrected chi connectivity index (χ4v) is 2.49. The minimum Gasteiger partial charge on any atom is -0.384 e. The van der Waals surface area contributed by atoms with Crippen LogP contribution in [0.4, 0.5) is 0 Å². The van der Waals surface area contributed by atoms with Gasteiger partial charge >= 0.3 is 0 Å². The summed E-state index contributed by atoms with van der Waals surface area (Å²) in [6.07, 6.45) is 1.34. The van der Waals surface area contributed by atoms with Gasteiger partial charge in [0.25, 0.3) is 0 Å². The van der Waals surface area contributed by atoms with Gasteiger partial charge in [-0.15, -0.1) is 0 Å². The Morgan fingerprint density at radius 2 is 2.11 bits per heavy atom. The molecule has 100 valence electrons. The second kappa shape index (κ2) is 5.83. The summed E-state index contributed by atoms with van der Waals surface area (Å²) in [5.41, 5.74) is 0.182. The highest BCUT2D eigenvalue weighted by Gasteiger charge is 2.28. The molecule has 1 saturated heterocycles. The minimum atomic E-state index is -0.795. The number of nitrogens with zero attached hydrogens (tertiary/aromatic N) is 1. The van der Waals surface area contributed by atoms with Gasteiger partial charge in [0.1, 0.15) is 0 Å². The van der Waals surface area contributed by atoms with Crippen molar-refractivity contribution in [3.05, 3.63) is 35.9 Å². The molecule has 0 bridgehead atoms. The van der Waals surface area contributed by atoms with Crippen molar-refractivity contribution < 1.29 is 9.84 Å². The Labute approximate surface area is 109 Å². The van der Waals surface area contributed by atoms with Crippen molar-refractivity contribution in [2.45, 2.75) is 32.0 Å². The molecule has 1 N–H and O–H groups in total. The number of benzene rings is 1. The number of hydrogen-bond donors (Lipinski definition) is 1. The highest BCUT2D eigenvalue weighted by atomic mass is 16.5. The van der Waals surface area contributed by atoms with Crippen molar-refractivity contribution in [1.29, 1.82) is 0 Å². The van der Waals surface area contributed by atoms with Gasteiger partial charge in [-0.25, -0.2) is 0 Å². The third-order valence-electron chi connectivity index (χ3n) is 3.61. The van der Waals surface area contributed by atoms with Gasteiger partial charge in [-0.3, -0.25) is 4.90 Å². The van der Waals surface area contributed by atoms with Crippen LogP contribution in [0.3, 0.4) is 0 Å². The van der Waals surface area contributed by atoms with E-state index >= 15 is 0 Å². The van der Waals surface area contributed by atoms with Gasteiger partial charge in [0, 0.05) is 19.6 Å². The Kier molecular flexibility index (Phi) is 4.38. The maximum Gasteiger partial charge on any atom is 0.0994 e. The van der Waals surface area contributed by atoms with Crippen LogP contribution in [0.5, 0.6) is 0 Å². The van der Waals surface area contributed by atoms with Crippen LogP contribution in [0.1, 0.15) is 25.8 Å². The Bertz CT molecular complexity index is 364. The molecule has 0 amide bonds. The van der Waals surface area contributed by atoms with Crippen LogP contribution in [0.25, 0.3) is 0 Å². The third kappa shape index (κ3) is 3.31. The van der Waals surface area contributed by atoms with Gasteiger partial charge in [-0.2, -0.15) is 0 Å². The summed E-state index contributed by atoms with van der Waals surface area (Å²) in [7, 11) is 0. The van der Waals surface area contributed by atoms with Crippen molar-refractivity contribution >= 4 is 0 Å². The number of aliphatic hydroxyl groups is 1. The van der Waals surface area contributed by atoms with E-state index in [1.54, 1.807) is 0 Å². The molecule has 1 aromatic rings. The summed E-state index contributed by atoms with van der Waals surface area (Å²) < 4.78 is 5.65. The van der Waals surface area contributed by atoms with Crippen LogP contribution in [0.15, 0.2) is 30.3 Å². The summed E-state index contributed by atoms with van der Waals surface area (Å²) in [6.45, 7) is 7.28. The van der Waals surface area contributed by atoms with Crippen molar-refractivity contribution in [1.82, 2.24) is 4.90 Å². The summed E-state index contributed by atoms with van der Waals surface area (Å²) in [5, 5.41) is 10.6. The molecule has 0 aromatic heterocycles. The first-order valence-electron chi connectivity index (χ1n) is 6.73. The van der Waals surface area contributed by atoms with E-state index in [4.69, 9.17) is 4.74 Å². The van der Waals surface area contributed by atoms with E-state index in [0.29, 0.717) is 12.6 Å². The molecular weight excluding hydrogens is 226 g/mol. The van der Waals surface area contributed by atoms with Crippen LogP contribution in [-0.4, -0.2) is 42.4 Å². The number of morpholine rings is 1. The molecule has 1 aromatic carbocycles. The van der Waals surface area contributed by atoms with Gasteiger partial charge in [-0.05, 0) is 18.9 Å². The second-order valence-electron chi connectivity index (χ2n) is 5.28. The summed E-state index contributed by atoms with van der Waals surface area (Å²) >= 11 is 0. The Hall–Kier alpha value is -0.900. The largest absolute Gasteiger partial charge is 0.384 e. The van der Waals surface area contributed by atoms with Crippen molar-refractivity contribution in [3.8, 4) is 0 Å². The van der Waals surface area contributed by atoms with Crippen LogP contribution < -0.4 is 0 Å². The predicted molar refractivity (Wildman–Crippen MR) is 72.5 cm³/mol. The monoisotopic (exact) mass is 249 g/mol. The number of ether oxygens (including phenoxy) is 1. The molecule has 0 saturated carbocycles. The third-order valence-corrected chi connectivity index (χ3v) is 3.61. The van der Waals surface area contributed by atoms with Crippen LogP contribution in [-0.2, 0) is 10.3 Å². The van der Waals surface area contributed by atoms with E-state index in [1.807, 2.05) is 37.3 Å². The van der Waals surface area contributed by atoms with Crippen molar-refractivity contribution in [3.63, 3.8) is 0 Å². The second-order valence-corrected chi connectivity index (χ2v) is 5.28. The van der Waals surface area contributed by atoms with E-state index in [1.165, 1.54) is 0 Å². The lowest BCUT2D eigenvalue weighted by Gasteiger charge is -2.37. The molecule has 1 heterocycles. The van der Waals surface area contributed by atoms with Gasteiger partial charge in [0.2, 0.25) is 0 Å². The zero-order valence-corrected chi connectivity index (χ0v) is 11.3. The van der Waals surface area contributed by atoms with Crippen LogP contribution in [0, 0.1) is 0 Å². The predicted octanol–water partition coefficient (Wildman–Crippen LogP) is 2.00. The van der Waals surface area contributed by atoms with Crippen LogP contribution in [0.2, 0.25) is 0 Å². The zero-order valence-electron chi connectivity index (χ0n) is 11.3. The molecule has 2 rings (SSSR count). The molecule has 1 fully saturated rings. The highest BCUT2D eigenvalue weighted by molar-refractivity contribution is 5.21. The molecule has 1 aliphatic rings. The average Bonchev–Trinajstić information content (AvgIpc) is 2.39. The molecule has 2 atom stereocenters. The van der Waals surface area contributed by atoms with E-state index in [9.17, 15) is 5.11 Å². The average molecular weight is 249 g/mol. The van der Waals surface area contributed by atoms with Crippen molar-refractivity contribution in [2.75, 3.05) is 26.2 Å². The lowest BCUT2D eigenvalue weighted by Crippen LogP contribution is -2.47. The van der Waals surface area contributed by atoms with E-state index < -0.39 is 5.60 Å². The lowest BCUT2D eigenvalue weighted by molar-refractivity contribution is -0.0620. The Morgan fingerprint density at radius 3 is 2.78 bits per heavy atom. The molecule has 3 nitrogen and oxygen atoms in total. The molecule has 0 spiro atoms. The zero-order chi connectivity index (χ0) is 13.0. The number of β-amino-alcohol motifs (C(OH)–C–C–N with tert-alkyl or cyclic N) is 1. The fraction of sp³-hybridized carbons (Fsp3) is 0.600. The molecule has 0 aliphatic carbocycles. The molecule has 3 heteroatoms. The Morgan fingerprint density at radius 1 is 1.39 bits per heavy atom. The Balaban J connectivity index is 1.99. The van der Waals surface area contributed by atoms with Crippen molar-refractivity contribution in [2.24, 2.45) is 0 Å². The number of hydrogen-bond acceptors (Lipinski definition) is 3. The topological polar surface area (TPSA) is 32.7 Å². The maximum absolute atomic E-state index is 10.6. The summed E-state index contributed by atoms with van der Waals surface area (Å²) in [4.78, 5) is 2.30. The SMILES string of the molecule is CCC1CN(CC(C)(O)c2ccccc2)CCO1. The molecule has 1 aliphatic heterocycles. The highest BCUT2D eigenvalue weighted by Crippen LogP contribution is 2.22. The maximum atomic E-state index is 10.6. The standard InChI is InChI=1S/C15H23NO2/c1-3-14-11-16(9-10-18-14)12-15(2,17)13-7-5-4-6-8-13/h4-8,14,17H,3,9-12H2,1-2H3. The molecule has 2 unspecified atom stereocenters. The van der Waals surface area contributed by atoms with Gasteiger partial charge < -0.3 is 9.84 Å². The molecule has 0 radical (unpaired) electrons. The normalized spacial score (nSPS) is 24.7. The fourth-order valence-electron chi connectivity index (χ4n) is 2.49. The number of rotatable bonds is 4. The first-order chi connectivity index (χ1) is 8.62. The summed E-state index contributed by atoms with van der Waals surface area (Å²) in [5.74, 6) is 0. The van der Waals surface area contributed by atoms with Gasteiger partial charge in [-0.1, -0.05) is 37.3 Å². The quantitative estimate of drug-likeness (QED) is 0.886.